The molecule has 0 unspecified atom stereocenters. The van der Waals surface area contributed by atoms with Crippen LogP contribution in [0.2, 0.25) is 0 Å². The van der Waals surface area contributed by atoms with Crippen LogP contribution < -0.4 is 5.73 Å². The lowest BCUT2D eigenvalue weighted by Gasteiger charge is -2.16. The number of carbonyl (C=O) groups excluding carboxylic acids is 1. The van der Waals surface area contributed by atoms with Crippen LogP contribution in [0.5, 0.6) is 0 Å². The first kappa shape index (κ1) is 15.1. The van der Waals surface area contributed by atoms with Crippen molar-refractivity contribution in [3.05, 3.63) is 39.9 Å². The smallest absolute Gasteiger partial charge is 0.323 e. The summed E-state index contributed by atoms with van der Waals surface area (Å²) < 4.78 is 5.08. The lowest BCUT2D eigenvalue weighted by molar-refractivity contribution is -0.384. The van der Waals surface area contributed by atoms with Gasteiger partial charge in [0.1, 0.15) is 12.6 Å². The van der Waals surface area contributed by atoms with Crippen molar-refractivity contribution < 1.29 is 14.5 Å². The summed E-state index contributed by atoms with van der Waals surface area (Å²) in [6.07, 6.45) is 0.799. The van der Waals surface area contributed by atoms with Gasteiger partial charge in [-0.2, -0.15) is 0 Å². The summed E-state index contributed by atoms with van der Waals surface area (Å²) in [6, 6.07) is 5.22. The van der Waals surface area contributed by atoms with E-state index in [9.17, 15) is 14.9 Å². The minimum absolute atomic E-state index is 0.00591. The summed E-state index contributed by atoms with van der Waals surface area (Å²) in [5.41, 5.74) is 6.43. The maximum atomic E-state index is 11.6. The van der Waals surface area contributed by atoms with E-state index in [1.807, 2.05) is 13.8 Å². The van der Waals surface area contributed by atoms with E-state index < -0.39 is 16.9 Å². The Morgan fingerprint density at radius 1 is 1.42 bits per heavy atom. The third kappa shape index (κ3) is 4.33. The monoisotopic (exact) mass is 266 g/mol. The number of hydrogen-bond donors (Lipinski definition) is 1. The molecule has 0 aliphatic heterocycles. The van der Waals surface area contributed by atoms with Crippen molar-refractivity contribution >= 4 is 11.7 Å². The number of ether oxygens (including phenoxy) is 1. The topological polar surface area (TPSA) is 95.5 Å². The van der Waals surface area contributed by atoms with Crippen molar-refractivity contribution in [2.75, 3.05) is 0 Å². The van der Waals surface area contributed by atoms with Crippen LogP contribution in [0.4, 0.5) is 5.69 Å². The van der Waals surface area contributed by atoms with Crippen LogP contribution in [-0.4, -0.2) is 16.9 Å². The van der Waals surface area contributed by atoms with E-state index >= 15 is 0 Å². The molecule has 0 radical (unpaired) electrons. The molecule has 1 aromatic carbocycles. The number of nitro groups is 1. The highest BCUT2D eigenvalue weighted by molar-refractivity contribution is 5.75. The Kier molecular flexibility index (Phi) is 5.44. The maximum absolute atomic E-state index is 11.6. The van der Waals surface area contributed by atoms with E-state index in [1.165, 1.54) is 12.1 Å². The van der Waals surface area contributed by atoms with E-state index in [1.54, 1.807) is 12.1 Å². The molecule has 0 spiro atoms. The molecule has 0 aromatic heterocycles. The number of nitrogens with two attached hydrogens (primary N) is 1. The van der Waals surface area contributed by atoms with Crippen LogP contribution in [-0.2, 0) is 16.1 Å². The number of rotatable bonds is 6. The third-order valence-corrected chi connectivity index (χ3v) is 3.06. The fourth-order valence-corrected chi connectivity index (χ4v) is 1.45. The van der Waals surface area contributed by atoms with Gasteiger partial charge >= 0.3 is 5.97 Å². The number of non-ortho nitro benzene ring substituents is 1. The Morgan fingerprint density at radius 3 is 2.47 bits per heavy atom. The van der Waals surface area contributed by atoms with Gasteiger partial charge in [-0.3, -0.25) is 14.9 Å². The largest absolute Gasteiger partial charge is 0.460 e. The van der Waals surface area contributed by atoms with Gasteiger partial charge in [-0.25, -0.2) is 0 Å². The molecule has 6 heteroatoms. The van der Waals surface area contributed by atoms with Gasteiger partial charge in [0.2, 0.25) is 0 Å². The van der Waals surface area contributed by atoms with Crippen molar-refractivity contribution in [3.63, 3.8) is 0 Å². The van der Waals surface area contributed by atoms with Gasteiger partial charge in [-0.15, -0.1) is 0 Å². The normalized spacial score (nSPS) is 13.6. The van der Waals surface area contributed by atoms with Gasteiger partial charge < -0.3 is 10.5 Å². The Hall–Kier alpha value is -1.95. The van der Waals surface area contributed by atoms with Crippen molar-refractivity contribution in [1.29, 1.82) is 0 Å². The molecular weight excluding hydrogens is 248 g/mol. The lowest BCUT2D eigenvalue weighted by atomic mass is 10.0. The van der Waals surface area contributed by atoms with Crippen molar-refractivity contribution in [1.82, 2.24) is 0 Å². The summed E-state index contributed by atoms with van der Waals surface area (Å²) in [5.74, 6) is -0.392. The maximum Gasteiger partial charge on any atom is 0.323 e. The molecule has 0 aliphatic rings. The fourth-order valence-electron chi connectivity index (χ4n) is 1.45. The summed E-state index contributed by atoms with van der Waals surface area (Å²) in [4.78, 5) is 21.6. The van der Waals surface area contributed by atoms with Crippen LogP contribution in [0.25, 0.3) is 0 Å². The minimum Gasteiger partial charge on any atom is -0.460 e. The first-order chi connectivity index (χ1) is 8.95. The second kappa shape index (κ2) is 6.84. The van der Waals surface area contributed by atoms with E-state index in [4.69, 9.17) is 10.5 Å². The van der Waals surface area contributed by atoms with Gasteiger partial charge in [0, 0.05) is 12.1 Å². The molecule has 0 saturated carbocycles. The Morgan fingerprint density at radius 2 is 2.00 bits per heavy atom. The van der Waals surface area contributed by atoms with E-state index in [0.29, 0.717) is 5.56 Å². The molecule has 0 saturated heterocycles. The van der Waals surface area contributed by atoms with E-state index in [2.05, 4.69) is 0 Å². The van der Waals surface area contributed by atoms with E-state index in [-0.39, 0.29) is 18.2 Å². The first-order valence-electron chi connectivity index (χ1n) is 6.11. The summed E-state index contributed by atoms with van der Waals surface area (Å²) >= 11 is 0. The minimum atomic E-state index is -0.636. The van der Waals surface area contributed by atoms with Gasteiger partial charge in [-0.05, 0) is 23.6 Å². The number of nitro benzene ring substituents is 1. The number of esters is 1. The zero-order valence-corrected chi connectivity index (χ0v) is 11.0. The average Bonchev–Trinajstić information content (AvgIpc) is 2.43. The SMILES string of the molecule is CC[C@@H](C)[C@@H](N)C(=O)OCc1ccc([N+](=O)[O-])cc1. The first-order valence-corrected chi connectivity index (χ1v) is 6.11. The molecule has 0 bridgehead atoms. The number of hydrogen-bond acceptors (Lipinski definition) is 5. The van der Waals surface area contributed by atoms with E-state index in [0.717, 1.165) is 6.42 Å². The van der Waals surface area contributed by atoms with Crippen molar-refractivity contribution in [2.24, 2.45) is 11.7 Å². The molecule has 1 rings (SSSR count). The lowest BCUT2D eigenvalue weighted by Crippen LogP contribution is -2.37. The highest BCUT2D eigenvalue weighted by Crippen LogP contribution is 2.13. The molecule has 0 aliphatic carbocycles. The van der Waals surface area contributed by atoms with Crippen LogP contribution >= 0.6 is 0 Å². The highest BCUT2D eigenvalue weighted by atomic mass is 16.6. The zero-order valence-electron chi connectivity index (χ0n) is 11.0. The standard InChI is InChI=1S/C13H18N2O4/c1-3-9(2)12(14)13(16)19-8-10-4-6-11(7-5-10)15(17)18/h4-7,9,12H,3,8,14H2,1-2H3/t9-,12-/m1/s1. The summed E-state index contributed by atoms with van der Waals surface area (Å²) in [5, 5.41) is 10.5. The van der Waals surface area contributed by atoms with Crippen LogP contribution in [0.15, 0.2) is 24.3 Å². The van der Waals surface area contributed by atoms with Gasteiger partial charge in [0.05, 0.1) is 4.92 Å². The zero-order chi connectivity index (χ0) is 14.4. The Labute approximate surface area is 111 Å². The van der Waals surface area contributed by atoms with Crippen LogP contribution in [0, 0.1) is 16.0 Å². The molecule has 1 aromatic rings. The van der Waals surface area contributed by atoms with Gasteiger partial charge in [0.15, 0.2) is 0 Å². The number of carbonyl (C=O) groups is 1. The molecular formula is C13H18N2O4. The average molecular weight is 266 g/mol. The Balaban J connectivity index is 2.52. The van der Waals surface area contributed by atoms with Crippen LogP contribution in [0.3, 0.4) is 0 Å². The molecule has 0 heterocycles. The second-order valence-corrected chi connectivity index (χ2v) is 4.44. The predicted octanol–water partition coefficient (Wildman–Crippen LogP) is 2.01. The third-order valence-electron chi connectivity index (χ3n) is 3.06. The summed E-state index contributed by atoms with van der Waals surface area (Å²) in [6.45, 7) is 3.91. The predicted molar refractivity (Wildman–Crippen MR) is 70.3 cm³/mol. The fraction of sp³-hybridized carbons (Fsp3) is 0.462. The number of benzene rings is 1. The molecule has 0 fully saturated rings. The summed E-state index contributed by atoms with van der Waals surface area (Å²) in [7, 11) is 0. The second-order valence-electron chi connectivity index (χ2n) is 4.44. The van der Waals surface area contributed by atoms with Crippen LogP contribution in [0.1, 0.15) is 25.8 Å². The van der Waals surface area contributed by atoms with Crippen molar-refractivity contribution in [2.45, 2.75) is 32.9 Å². The quantitative estimate of drug-likeness (QED) is 0.482. The highest BCUT2D eigenvalue weighted by Gasteiger charge is 2.20. The Bertz CT molecular complexity index is 444. The molecule has 2 atom stereocenters. The molecule has 2 N–H and O–H groups in total. The molecule has 6 nitrogen and oxygen atoms in total. The molecule has 104 valence electrons. The molecule has 0 amide bonds. The van der Waals surface area contributed by atoms with Gasteiger partial charge in [0.25, 0.3) is 5.69 Å². The van der Waals surface area contributed by atoms with Gasteiger partial charge in [-0.1, -0.05) is 20.3 Å². The number of nitrogens with zero attached hydrogens (tertiary/aromatic N) is 1. The molecule has 19 heavy (non-hydrogen) atoms. The van der Waals surface area contributed by atoms with Crippen molar-refractivity contribution in [3.8, 4) is 0 Å².